The van der Waals surface area contributed by atoms with Gasteiger partial charge in [0, 0.05) is 29.6 Å². The van der Waals surface area contributed by atoms with Crippen LogP contribution in [0.4, 0.5) is 0 Å². The summed E-state index contributed by atoms with van der Waals surface area (Å²) in [5, 5.41) is 13.1. The molecular formula is C28H34N6O4. The first kappa shape index (κ1) is 27.0. The maximum Gasteiger partial charge on any atom is 0.327 e. The van der Waals surface area contributed by atoms with Crippen molar-refractivity contribution in [3.8, 4) is 5.75 Å². The van der Waals surface area contributed by atoms with Gasteiger partial charge in [0.2, 0.25) is 0 Å². The van der Waals surface area contributed by atoms with Crippen molar-refractivity contribution in [2.45, 2.75) is 52.7 Å². The Bertz CT molecular complexity index is 1400. The van der Waals surface area contributed by atoms with E-state index in [4.69, 9.17) is 9.47 Å². The van der Waals surface area contributed by atoms with Gasteiger partial charge < -0.3 is 14.5 Å². The second-order valence-electron chi connectivity index (χ2n) is 8.94. The molecule has 0 aliphatic heterocycles. The fraction of sp³-hybridized carbons (Fsp3) is 0.393. The number of nitrogens with zero attached hydrogens (tertiary/aromatic N) is 5. The third kappa shape index (κ3) is 6.63. The van der Waals surface area contributed by atoms with Crippen molar-refractivity contribution in [3.05, 3.63) is 81.9 Å². The predicted octanol–water partition coefficient (Wildman–Crippen LogP) is 3.67. The smallest absolute Gasteiger partial charge is 0.327 e. The molecule has 0 saturated heterocycles. The van der Waals surface area contributed by atoms with Crippen LogP contribution >= 0.6 is 0 Å². The van der Waals surface area contributed by atoms with E-state index in [0.29, 0.717) is 37.5 Å². The van der Waals surface area contributed by atoms with Crippen molar-refractivity contribution >= 4 is 16.9 Å². The Morgan fingerprint density at radius 3 is 2.63 bits per heavy atom. The first-order valence-corrected chi connectivity index (χ1v) is 13.0. The predicted molar refractivity (Wildman–Crippen MR) is 144 cm³/mol. The molecule has 0 bridgehead atoms. The highest BCUT2D eigenvalue weighted by Gasteiger charge is 2.26. The van der Waals surface area contributed by atoms with Crippen molar-refractivity contribution in [1.29, 1.82) is 0 Å². The van der Waals surface area contributed by atoms with Gasteiger partial charge in [0.15, 0.2) is 5.82 Å². The van der Waals surface area contributed by atoms with Crippen LogP contribution in [-0.2, 0) is 29.0 Å². The number of benzene rings is 2. The number of carbonyl (C=O) groups is 1. The summed E-state index contributed by atoms with van der Waals surface area (Å²) in [6.45, 7) is 7.55. The lowest BCUT2D eigenvalue weighted by atomic mass is 10.1. The van der Waals surface area contributed by atoms with Crippen molar-refractivity contribution in [2.75, 3.05) is 19.8 Å². The van der Waals surface area contributed by atoms with Gasteiger partial charge in [-0.25, -0.2) is 4.68 Å². The molecule has 4 aromatic rings. The summed E-state index contributed by atoms with van der Waals surface area (Å²) < 4.78 is 12.2. The number of nitrogens with one attached hydrogen (secondary N) is 1. The average Bonchev–Trinajstić information content (AvgIpc) is 3.36. The van der Waals surface area contributed by atoms with E-state index in [1.165, 1.54) is 10.2 Å². The van der Waals surface area contributed by atoms with Crippen LogP contribution in [0.1, 0.15) is 50.2 Å². The molecule has 38 heavy (non-hydrogen) atoms. The molecule has 0 aliphatic carbocycles. The summed E-state index contributed by atoms with van der Waals surface area (Å²) in [7, 11) is 0. The van der Waals surface area contributed by atoms with Gasteiger partial charge in [0.05, 0.1) is 19.3 Å². The van der Waals surface area contributed by atoms with Crippen LogP contribution < -0.4 is 10.3 Å². The van der Waals surface area contributed by atoms with Crippen LogP contribution in [-0.4, -0.2) is 55.8 Å². The monoisotopic (exact) mass is 518 g/mol. The topological polar surface area (TPSA) is 115 Å². The molecule has 0 fully saturated rings. The lowest BCUT2D eigenvalue weighted by Crippen LogP contribution is -2.34. The van der Waals surface area contributed by atoms with Crippen LogP contribution in [0.25, 0.3) is 10.9 Å². The first-order valence-electron chi connectivity index (χ1n) is 13.0. The highest BCUT2D eigenvalue weighted by Crippen LogP contribution is 2.26. The lowest BCUT2D eigenvalue weighted by Gasteiger charge is -2.30. The van der Waals surface area contributed by atoms with Gasteiger partial charge >= 0.3 is 5.97 Å². The zero-order valence-electron chi connectivity index (χ0n) is 22.1. The van der Waals surface area contributed by atoms with E-state index in [1.54, 1.807) is 6.92 Å². The van der Waals surface area contributed by atoms with Gasteiger partial charge in [-0.05, 0) is 66.9 Å². The largest absolute Gasteiger partial charge is 0.494 e. The van der Waals surface area contributed by atoms with Gasteiger partial charge in [0.25, 0.3) is 5.56 Å². The van der Waals surface area contributed by atoms with E-state index < -0.39 is 5.97 Å². The molecule has 1 N–H and O–H groups in total. The van der Waals surface area contributed by atoms with Crippen LogP contribution in [0.5, 0.6) is 5.75 Å². The van der Waals surface area contributed by atoms with Crippen molar-refractivity contribution < 1.29 is 14.3 Å². The first-order chi connectivity index (χ1) is 18.5. The van der Waals surface area contributed by atoms with E-state index in [9.17, 15) is 9.59 Å². The lowest BCUT2D eigenvalue weighted by molar-refractivity contribution is -0.144. The van der Waals surface area contributed by atoms with E-state index in [1.807, 2.05) is 56.3 Å². The fourth-order valence-corrected chi connectivity index (χ4v) is 4.58. The highest BCUT2D eigenvalue weighted by molar-refractivity contribution is 5.80. The SMILES string of the molecule is CCOC(=O)Cn1nnnc1[C@H](CC)N(CCc1ccccc1)Cc1cc2cc(OCC)ccc2[nH]c1=O. The number of H-pyrrole nitrogens is 1. The Hall–Kier alpha value is -4.05. The highest BCUT2D eigenvalue weighted by atomic mass is 16.5. The summed E-state index contributed by atoms with van der Waals surface area (Å²) in [6, 6.07) is 17.5. The van der Waals surface area contributed by atoms with Crippen LogP contribution in [0.15, 0.2) is 59.4 Å². The molecule has 0 aliphatic rings. The number of pyridine rings is 1. The molecule has 0 radical (unpaired) electrons. The molecule has 4 rings (SSSR count). The maximum absolute atomic E-state index is 13.1. The Balaban J connectivity index is 1.67. The summed E-state index contributed by atoms with van der Waals surface area (Å²) in [5.74, 6) is 0.913. The van der Waals surface area contributed by atoms with Crippen LogP contribution in [0.3, 0.4) is 0 Å². The molecule has 0 saturated carbocycles. The number of tetrazole rings is 1. The van der Waals surface area contributed by atoms with E-state index in [-0.39, 0.29) is 24.8 Å². The minimum absolute atomic E-state index is 0.0735. The summed E-state index contributed by atoms with van der Waals surface area (Å²) in [6.07, 6.45) is 1.45. The number of fused-ring (bicyclic) bond motifs is 1. The number of ether oxygens (including phenoxy) is 2. The minimum Gasteiger partial charge on any atom is -0.494 e. The summed E-state index contributed by atoms with van der Waals surface area (Å²) in [4.78, 5) is 30.5. The molecule has 0 amide bonds. The number of carbonyl (C=O) groups excluding carboxylic acids is 1. The molecule has 2 aromatic carbocycles. The molecule has 0 unspecified atom stereocenters. The summed E-state index contributed by atoms with van der Waals surface area (Å²) >= 11 is 0. The van der Waals surface area contributed by atoms with E-state index in [0.717, 1.165) is 23.1 Å². The second kappa shape index (κ2) is 13.0. The van der Waals surface area contributed by atoms with Gasteiger partial charge in [-0.15, -0.1) is 5.10 Å². The number of aromatic nitrogens is 5. The number of aromatic amines is 1. The third-order valence-electron chi connectivity index (χ3n) is 6.38. The Morgan fingerprint density at radius 2 is 1.89 bits per heavy atom. The molecule has 2 heterocycles. The molecular weight excluding hydrogens is 484 g/mol. The van der Waals surface area contributed by atoms with Crippen LogP contribution in [0, 0.1) is 0 Å². The third-order valence-corrected chi connectivity index (χ3v) is 6.38. The number of hydrogen-bond acceptors (Lipinski definition) is 8. The van der Waals surface area contributed by atoms with Gasteiger partial charge in [-0.3, -0.25) is 14.5 Å². The van der Waals surface area contributed by atoms with Gasteiger partial charge in [-0.1, -0.05) is 37.3 Å². The number of esters is 1. The van der Waals surface area contributed by atoms with Gasteiger partial charge in [0.1, 0.15) is 12.3 Å². The average molecular weight is 519 g/mol. The van der Waals surface area contributed by atoms with Crippen molar-refractivity contribution in [3.63, 3.8) is 0 Å². The Labute approximate surface area is 221 Å². The quantitative estimate of drug-likeness (QED) is 0.267. The van der Waals surface area contributed by atoms with Crippen molar-refractivity contribution in [2.24, 2.45) is 0 Å². The molecule has 1 atom stereocenters. The number of rotatable bonds is 13. The maximum atomic E-state index is 13.1. The fourth-order valence-electron chi connectivity index (χ4n) is 4.58. The number of hydrogen-bond donors (Lipinski definition) is 1. The molecule has 200 valence electrons. The zero-order chi connectivity index (χ0) is 26.9. The van der Waals surface area contributed by atoms with Crippen molar-refractivity contribution in [1.82, 2.24) is 30.1 Å². The van der Waals surface area contributed by atoms with E-state index in [2.05, 4.69) is 37.5 Å². The van der Waals surface area contributed by atoms with E-state index >= 15 is 0 Å². The Kier molecular flexibility index (Phi) is 9.21. The van der Waals surface area contributed by atoms with Gasteiger partial charge in [-0.2, -0.15) is 0 Å². The molecule has 0 spiro atoms. The standard InChI is InChI=1S/C28H34N6O4/c1-4-25(27-30-31-32-34(27)19-26(35)38-6-3)33(15-14-20-10-8-7-9-11-20)18-22-16-21-17-23(37-5-2)12-13-24(21)29-28(22)36/h7-13,16-17,25H,4-6,14-15,18-19H2,1-3H3,(H,29,36)/t25-/m0/s1. The Morgan fingerprint density at radius 1 is 1.08 bits per heavy atom. The summed E-state index contributed by atoms with van der Waals surface area (Å²) in [5.41, 5.74) is 2.42. The molecule has 10 nitrogen and oxygen atoms in total. The molecule has 2 aromatic heterocycles. The molecule has 10 heteroatoms. The minimum atomic E-state index is -0.400. The zero-order valence-corrected chi connectivity index (χ0v) is 22.1. The second-order valence-corrected chi connectivity index (χ2v) is 8.94. The normalized spacial score (nSPS) is 12.1. The van der Waals surface area contributed by atoms with Crippen LogP contribution in [0.2, 0.25) is 0 Å².